The first-order valence-corrected chi connectivity index (χ1v) is 8.46. The molecule has 0 fully saturated rings. The van der Waals surface area contributed by atoms with E-state index >= 15 is 0 Å². The van der Waals surface area contributed by atoms with Gasteiger partial charge in [0.1, 0.15) is 18.1 Å². The van der Waals surface area contributed by atoms with E-state index in [0.29, 0.717) is 34.3 Å². The maximum Gasteiger partial charge on any atom is 0.259 e. The van der Waals surface area contributed by atoms with Crippen molar-refractivity contribution in [3.05, 3.63) is 65.0 Å². The van der Waals surface area contributed by atoms with Crippen LogP contribution in [0.3, 0.4) is 0 Å². The normalized spacial score (nSPS) is 12.1. The molecule has 1 N–H and O–H groups in total. The molecule has 0 saturated heterocycles. The molecule has 1 aliphatic heterocycles. The Hall–Kier alpha value is -3.48. The van der Waals surface area contributed by atoms with Crippen molar-refractivity contribution >= 4 is 11.6 Å². The van der Waals surface area contributed by atoms with Gasteiger partial charge in [0.05, 0.1) is 16.8 Å². The molecule has 1 aromatic heterocycles. The lowest BCUT2D eigenvalue weighted by Gasteiger charge is -2.12. The van der Waals surface area contributed by atoms with Crippen LogP contribution in [-0.2, 0) is 6.61 Å². The molecule has 2 heterocycles. The molecule has 0 spiro atoms. The van der Waals surface area contributed by atoms with Gasteiger partial charge in [-0.1, -0.05) is 17.3 Å². The number of carbonyl (C=O) groups is 1. The maximum atomic E-state index is 12.7. The van der Waals surface area contributed by atoms with E-state index in [0.717, 1.165) is 11.3 Å². The molecule has 7 heteroatoms. The van der Waals surface area contributed by atoms with Crippen LogP contribution in [0.1, 0.15) is 27.4 Å². The summed E-state index contributed by atoms with van der Waals surface area (Å²) in [5.41, 5.74) is 2.70. The number of nitrogens with one attached hydrogen (secondary N) is 1. The number of aryl methyl sites for hydroxylation is 2. The van der Waals surface area contributed by atoms with E-state index in [2.05, 4.69) is 10.5 Å². The second-order valence-electron chi connectivity index (χ2n) is 6.11. The largest absolute Gasteiger partial charge is 0.488 e. The van der Waals surface area contributed by atoms with Crippen LogP contribution in [0.5, 0.6) is 17.2 Å². The first-order valence-electron chi connectivity index (χ1n) is 8.46. The van der Waals surface area contributed by atoms with Crippen molar-refractivity contribution in [2.45, 2.75) is 20.5 Å². The van der Waals surface area contributed by atoms with E-state index in [9.17, 15) is 4.79 Å². The van der Waals surface area contributed by atoms with Crippen LogP contribution in [0.25, 0.3) is 0 Å². The third kappa shape index (κ3) is 3.44. The van der Waals surface area contributed by atoms with Gasteiger partial charge in [-0.15, -0.1) is 0 Å². The number of amides is 1. The number of hydrogen-bond donors (Lipinski definition) is 1. The first kappa shape index (κ1) is 17.0. The second kappa shape index (κ2) is 7.03. The Bertz CT molecular complexity index is 976. The van der Waals surface area contributed by atoms with Crippen LogP contribution in [0, 0.1) is 13.8 Å². The molecule has 0 unspecified atom stereocenters. The standard InChI is InChI=1S/C20H18N2O5/c1-12-16(13(2)27-22-12)10-24-17-6-4-3-5-15(17)20(23)21-14-7-8-18-19(9-14)26-11-25-18/h3-9H,10-11H2,1-2H3,(H,21,23). The van der Waals surface area contributed by atoms with E-state index in [1.54, 1.807) is 36.4 Å². The molecule has 1 amide bonds. The van der Waals surface area contributed by atoms with Crippen molar-refractivity contribution in [2.24, 2.45) is 0 Å². The summed E-state index contributed by atoms with van der Waals surface area (Å²) < 4.78 is 21.6. The van der Waals surface area contributed by atoms with E-state index in [1.165, 1.54) is 0 Å². The van der Waals surface area contributed by atoms with Crippen molar-refractivity contribution in [3.8, 4) is 17.2 Å². The number of anilines is 1. The van der Waals surface area contributed by atoms with Crippen LogP contribution >= 0.6 is 0 Å². The Balaban J connectivity index is 1.51. The first-order chi connectivity index (χ1) is 13.1. The molecule has 138 valence electrons. The fourth-order valence-corrected chi connectivity index (χ4v) is 2.81. The number of rotatable bonds is 5. The number of hydrogen-bond acceptors (Lipinski definition) is 6. The predicted molar refractivity (Wildman–Crippen MR) is 97.3 cm³/mol. The zero-order chi connectivity index (χ0) is 18.8. The van der Waals surface area contributed by atoms with E-state index < -0.39 is 0 Å². The highest BCUT2D eigenvalue weighted by atomic mass is 16.7. The predicted octanol–water partition coefficient (Wildman–Crippen LogP) is 3.85. The quantitative estimate of drug-likeness (QED) is 0.738. The fraction of sp³-hybridized carbons (Fsp3) is 0.200. The van der Waals surface area contributed by atoms with E-state index in [-0.39, 0.29) is 19.3 Å². The zero-order valence-electron chi connectivity index (χ0n) is 14.9. The number of benzene rings is 2. The monoisotopic (exact) mass is 366 g/mol. The Morgan fingerprint density at radius 2 is 1.96 bits per heavy atom. The molecule has 0 saturated carbocycles. The molecule has 3 aromatic rings. The molecule has 0 radical (unpaired) electrons. The summed E-state index contributed by atoms with van der Waals surface area (Å²) in [6, 6.07) is 12.3. The van der Waals surface area contributed by atoms with Crippen LogP contribution < -0.4 is 19.5 Å². The van der Waals surface area contributed by atoms with Gasteiger partial charge in [0, 0.05) is 11.8 Å². The highest BCUT2D eigenvalue weighted by Gasteiger charge is 2.17. The van der Waals surface area contributed by atoms with E-state index in [4.69, 9.17) is 18.7 Å². The van der Waals surface area contributed by atoms with Crippen LogP contribution in [-0.4, -0.2) is 17.9 Å². The summed E-state index contributed by atoms with van der Waals surface area (Å²) >= 11 is 0. The molecule has 0 bridgehead atoms. The summed E-state index contributed by atoms with van der Waals surface area (Å²) in [4.78, 5) is 12.7. The van der Waals surface area contributed by atoms with Crippen molar-refractivity contribution in [1.82, 2.24) is 5.16 Å². The summed E-state index contributed by atoms with van der Waals surface area (Å²) in [7, 11) is 0. The average Bonchev–Trinajstić information content (AvgIpc) is 3.26. The van der Waals surface area contributed by atoms with Crippen molar-refractivity contribution in [2.75, 3.05) is 12.1 Å². The third-order valence-corrected chi connectivity index (χ3v) is 4.32. The molecule has 27 heavy (non-hydrogen) atoms. The highest BCUT2D eigenvalue weighted by molar-refractivity contribution is 6.06. The number of nitrogens with zero attached hydrogens (tertiary/aromatic N) is 1. The van der Waals surface area contributed by atoms with Crippen molar-refractivity contribution in [3.63, 3.8) is 0 Å². The zero-order valence-corrected chi connectivity index (χ0v) is 14.9. The van der Waals surface area contributed by atoms with Gasteiger partial charge in [-0.05, 0) is 38.1 Å². The third-order valence-electron chi connectivity index (χ3n) is 4.32. The molecule has 0 aliphatic carbocycles. The van der Waals surface area contributed by atoms with Gasteiger partial charge < -0.3 is 24.1 Å². The molecular weight excluding hydrogens is 348 g/mol. The SMILES string of the molecule is Cc1noc(C)c1COc1ccccc1C(=O)Nc1ccc2c(c1)OCO2. The summed E-state index contributed by atoms with van der Waals surface area (Å²) in [6.45, 7) is 4.14. The number of fused-ring (bicyclic) bond motifs is 1. The fourth-order valence-electron chi connectivity index (χ4n) is 2.81. The highest BCUT2D eigenvalue weighted by Crippen LogP contribution is 2.34. The Labute approximate surface area is 155 Å². The van der Waals surface area contributed by atoms with Crippen LogP contribution in [0.15, 0.2) is 47.0 Å². The van der Waals surface area contributed by atoms with Crippen molar-refractivity contribution < 1.29 is 23.5 Å². The lowest BCUT2D eigenvalue weighted by atomic mass is 10.1. The van der Waals surface area contributed by atoms with Crippen LogP contribution in [0.4, 0.5) is 5.69 Å². The second-order valence-corrected chi connectivity index (χ2v) is 6.11. The Morgan fingerprint density at radius 3 is 2.78 bits per heavy atom. The molecule has 7 nitrogen and oxygen atoms in total. The molecule has 4 rings (SSSR count). The van der Waals surface area contributed by atoms with Crippen LogP contribution in [0.2, 0.25) is 0 Å². The number of aromatic nitrogens is 1. The number of ether oxygens (including phenoxy) is 3. The molecule has 2 aromatic carbocycles. The van der Waals surface area contributed by atoms with Crippen molar-refractivity contribution in [1.29, 1.82) is 0 Å². The van der Waals surface area contributed by atoms with Gasteiger partial charge in [-0.25, -0.2) is 0 Å². The lowest BCUT2D eigenvalue weighted by Crippen LogP contribution is -2.13. The van der Waals surface area contributed by atoms with Gasteiger partial charge in [0.2, 0.25) is 6.79 Å². The average molecular weight is 366 g/mol. The van der Waals surface area contributed by atoms with Gasteiger partial charge in [0.15, 0.2) is 11.5 Å². The van der Waals surface area contributed by atoms with Gasteiger partial charge in [-0.3, -0.25) is 4.79 Å². The minimum atomic E-state index is -0.275. The topological polar surface area (TPSA) is 82.8 Å². The van der Waals surface area contributed by atoms with Gasteiger partial charge in [0.25, 0.3) is 5.91 Å². The summed E-state index contributed by atoms with van der Waals surface area (Å²) in [5, 5.41) is 6.77. The minimum Gasteiger partial charge on any atom is -0.488 e. The smallest absolute Gasteiger partial charge is 0.259 e. The Kier molecular flexibility index (Phi) is 4.42. The van der Waals surface area contributed by atoms with E-state index in [1.807, 2.05) is 19.9 Å². The maximum absolute atomic E-state index is 12.7. The molecule has 1 aliphatic rings. The molecular formula is C20H18N2O5. The summed E-state index contributed by atoms with van der Waals surface area (Å²) in [6.07, 6.45) is 0. The van der Waals surface area contributed by atoms with Gasteiger partial charge in [-0.2, -0.15) is 0 Å². The molecule has 0 atom stereocenters. The Morgan fingerprint density at radius 1 is 1.15 bits per heavy atom. The lowest BCUT2D eigenvalue weighted by molar-refractivity contribution is 0.102. The minimum absolute atomic E-state index is 0.186. The number of carbonyl (C=O) groups excluding carboxylic acids is 1. The summed E-state index contributed by atoms with van der Waals surface area (Å²) in [5.74, 6) is 2.18. The number of para-hydroxylation sites is 1. The van der Waals surface area contributed by atoms with Gasteiger partial charge >= 0.3 is 0 Å².